The van der Waals surface area contributed by atoms with Gasteiger partial charge in [-0.25, -0.2) is 13.8 Å². The normalized spacial score (nSPS) is 16.5. The summed E-state index contributed by atoms with van der Waals surface area (Å²) in [6, 6.07) is 0.443. The highest BCUT2D eigenvalue weighted by molar-refractivity contribution is 5.29. The number of halogens is 2. The van der Waals surface area contributed by atoms with Gasteiger partial charge in [-0.3, -0.25) is 0 Å². The van der Waals surface area contributed by atoms with Crippen molar-refractivity contribution < 1.29 is 8.78 Å². The van der Waals surface area contributed by atoms with Crippen molar-refractivity contribution in [2.45, 2.75) is 31.9 Å². The molecular weight excluding hydrogens is 176 g/mol. The van der Waals surface area contributed by atoms with Crippen molar-refractivity contribution in [2.24, 2.45) is 0 Å². The van der Waals surface area contributed by atoms with Crippen LogP contribution in [0.3, 0.4) is 0 Å². The lowest BCUT2D eigenvalue weighted by Crippen LogP contribution is -2.12. The number of nitrogens with zero attached hydrogens (tertiary/aromatic N) is 2. The number of alkyl halides is 2. The summed E-state index contributed by atoms with van der Waals surface area (Å²) in [5.74, 6) is 0.558. The Hall–Kier alpha value is -1.13. The van der Waals surface area contributed by atoms with Crippen LogP contribution >= 0.6 is 0 Å². The molecule has 1 fully saturated rings. The molecule has 1 aromatic rings. The highest BCUT2D eigenvalue weighted by atomic mass is 19.3. The lowest BCUT2D eigenvalue weighted by atomic mass is 10.6. The Bertz CT molecular complexity index is 262. The van der Waals surface area contributed by atoms with Crippen molar-refractivity contribution in [3.8, 4) is 0 Å². The van der Waals surface area contributed by atoms with Crippen LogP contribution in [0.5, 0.6) is 0 Å². The molecule has 1 saturated carbocycles. The lowest BCUT2D eigenvalue weighted by Gasteiger charge is -2.07. The van der Waals surface area contributed by atoms with Gasteiger partial charge < -0.3 is 9.88 Å². The first-order chi connectivity index (χ1) is 6.25. The minimum atomic E-state index is -2.33. The van der Waals surface area contributed by atoms with Gasteiger partial charge in [-0.2, -0.15) is 0 Å². The molecule has 0 aliphatic heterocycles. The van der Waals surface area contributed by atoms with Gasteiger partial charge in [0.25, 0.3) is 6.43 Å². The molecule has 0 bridgehead atoms. The maximum Gasteiger partial charge on any atom is 0.256 e. The lowest BCUT2D eigenvalue weighted by molar-refractivity contribution is 0.127. The summed E-state index contributed by atoms with van der Waals surface area (Å²) >= 11 is 0. The van der Waals surface area contributed by atoms with Crippen molar-refractivity contribution in [2.75, 3.05) is 5.32 Å². The van der Waals surface area contributed by atoms with E-state index in [9.17, 15) is 8.78 Å². The minimum Gasteiger partial charge on any atom is -0.353 e. The third-order valence-corrected chi connectivity index (χ3v) is 1.96. The van der Waals surface area contributed by atoms with Gasteiger partial charge in [0.05, 0.1) is 6.54 Å². The number of imidazole rings is 1. The summed E-state index contributed by atoms with van der Waals surface area (Å²) in [6.45, 7) is -0.283. The van der Waals surface area contributed by atoms with Gasteiger partial charge in [0.1, 0.15) is 0 Å². The molecule has 13 heavy (non-hydrogen) atoms. The first kappa shape index (κ1) is 8.47. The zero-order valence-corrected chi connectivity index (χ0v) is 7.08. The minimum absolute atomic E-state index is 0.283. The van der Waals surface area contributed by atoms with Crippen LogP contribution in [0.2, 0.25) is 0 Å². The molecular formula is C8H11F2N3. The van der Waals surface area contributed by atoms with Gasteiger partial charge in [-0.1, -0.05) is 0 Å². The molecule has 72 valence electrons. The molecule has 1 aromatic heterocycles. The number of rotatable bonds is 4. The predicted molar refractivity (Wildman–Crippen MR) is 44.9 cm³/mol. The molecule has 0 spiro atoms. The van der Waals surface area contributed by atoms with Crippen LogP contribution in [0.25, 0.3) is 0 Å². The molecule has 0 amide bonds. The van der Waals surface area contributed by atoms with E-state index in [1.54, 1.807) is 6.20 Å². The Morgan fingerprint density at radius 3 is 3.00 bits per heavy atom. The largest absolute Gasteiger partial charge is 0.353 e. The number of anilines is 1. The highest BCUT2D eigenvalue weighted by Crippen LogP contribution is 2.23. The van der Waals surface area contributed by atoms with E-state index in [4.69, 9.17) is 0 Å². The van der Waals surface area contributed by atoms with Crippen LogP contribution in [0.15, 0.2) is 12.4 Å². The number of hydrogen-bond acceptors (Lipinski definition) is 2. The molecule has 3 nitrogen and oxygen atoms in total. The quantitative estimate of drug-likeness (QED) is 0.777. The van der Waals surface area contributed by atoms with E-state index in [1.807, 2.05) is 0 Å². The van der Waals surface area contributed by atoms with E-state index in [2.05, 4.69) is 10.3 Å². The van der Waals surface area contributed by atoms with E-state index in [0.717, 1.165) is 12.8 Å². The number of aromatic nitrogens is 2. The summed E-state index contributed by atoms with van der Waals surface area (Å²) in [5, 5.41) is 3.09. The first-order valence-corrected chi connectivity index (χ1v) is 4.31. The Morgan fingerprint density at radius 1 is 1.62 bits per heavy atom. The van der Waals surface area contributed by atoms with E-state index >= 15 is 0 Å². The Balaban J connectivity index is 2.01. The van der Waals surface area contributed by atoms with Crippen molar-refractivity contribution in [1.29, 1.82) is 0 Å². The van der Waals surface area contributed by atoms with Crippen LogP contribution in [0.4, 0.5) is 14.7 Å². The number of nitrogens with one attached hydrogen (secondary N) is 1. The smallest absolute Gasteiger partial charge is 0.256 e. The van der Waals surface area contributed by atoms with Crippen molar-refractivity contribution in [1.82, 2.24) is 9.55 Å². The topological polar surface area (TPSA) is 29.9 Å². The van der Waals surface area contributed by atoms with Gasteiger partial charge in [-0.15, -0.1) is 0 Å². The van der Waals surface area contributed by atoms with Gasteiger partial charge in [0.15, 0.2) is 0 Å². The molecule has 5 heteroatoms. The van der Waals surface area contributed by atoms with Crippen molar-refractivity contribution in [3.05, 3.63) is 12.4 Å². The fraction of sp³-hybridized carbons (Fsp3) is 0.625. The SMILES string of the molecule is FC(F)Cn1ccnc1NC1CC1. The molecule has 0 saturated heterocycles. The second kappa shape index (κ2) is 3.32. The third-order valence-electron chi connectivity index (χ3n) is 1.96. The molecule has 2 rings (SSSR count). The van der Waals surface area contributed by atoms with Gasteiger partial charge in [0.2, 0.25) is 5.95 Å². The van der Waals surface area contributed by atoms with E-state index in [0.29, 0.717) is 12.0 Å². The second-order valence-corrected chi connectivity index (χ2v) is 3.21. The maximum atomic E-state index is 12.1. The highest BCUT2D eigenvalue weighted by Gasteiger charge is 2.22. The molecule has 0 unspecified atom stereocenters. The zero-order chi connectivity index (χ0) is 9.26. The average molecular weight is 187 g/mol. The van der Waals surface area contributed by atoms with Gasteiger partial charge in [0, 0.05) is 18.4 Å². The van der Waals surface area contributed by atoms with Gasteiger partial charge >= 0.3 is 0 Å². The summed E-state index contributed by atoms with van der Waals surface area (Å²) in [4.78, 5) is 3.97. The van der Waals surface area contributed by atoms with Crippen molar-refractivity contribution >= 4 is 5.95 Å². The van der Waals surface area contributed by atoms with E-state index < -0.39 is 6.43 Å². The van der Waals surface area contributed by atoms with E-state index in [-0.39, 0.29) is 6.54 Å². The Morgan fingerprint density at radius 2 is 2.38 bits per heavy atom. The maximum absolute atomic E-state index is 12.1. The van der Waals surface area contributed by atoms with Crippen LogP contribution in [0, 0.1) is 0 Å². The summed E-state index contributed by atoms with van der Waals surface area (Å²) in [6.07, 6.45) is 3.00. The van der Waals surface area contributed by atoms with E-state index in [1.165, 1.54) is 10.8 Å². The monoisotopic (exact) mass is 187 g/mol. The second-order valence-electron chi connectivity index (χ2n) is 3.21. The van der Waals surface area contributed by atoms with Crippen LogP contribution < -0.4 is 5.32 Å². The summed E-state index contributed by atoms with van der Waals surface area (Å²) < 4.78 is 25.6. The standard InChI is InChI=1S/C8H11F2N3/c9-7(10)5-13-4-3-11-8(13)12-6-1-2-6/h3-4,6-7H,1-2,5H2,(H,11,12). The molecule has 1 N–H and O–H groups in total. The van der Waals surface area contributed by atoms with Crippen LogP contribution in [-0.2, 0) is 6.54 Å². The van der Waals surface area contributed by atoms with Crippen LogP contribution in [-0.4, -0.2) is 22.0 Å². The molecule has 1 aliphatic carbocycles. The first-order valence-electron chi connectivity index (χ1n) is 4.31. The molecule has 0 atom stereocenters. The summed E-state index contributed by atoms with van der Waals surface area (Å²) in [5.41, 5.74) is 0. The number of hydrogen-bond donors (Lipinski definition) is 1. The average Bonchev–Trinajstić information content (AvgIpc) is 2.75. The molecule has 0 aromatic carbocycles. The molecule has 0 radical (unpaired) electrons. The summed E-state index contributed by atoms with van der Waals surface area (Å²) in [7, 11) is 0. The molecule has 1 aliphatic rings. The van der Waals surface area contributed by atoms with Crippen molar-refractivity contribution in [3.63, 3.8) is 0 Å². The molecule has 1 heterocycles. The third kappa shape index (κ3) is 2.17. The Kier molecular flexibility index (Phi) is 2.16. The fourth-order valence-electron chi connectivity index (χ4n) is 1.16. The zero-order valence-electron chi connectivity index (χ0n) is 7.08. The van der Waals surface area contributed by atoms with Gasteiger partial charge in [-0.05, 0) is 12.8 Å². The predicted octanol–water partition coefficient (Wildman–Crippen LogP) is 1.72. The fourth-order valence-corrected chi connectivity index (χ4v) is 1.16. The van der Waals surface area contributed by atoms with Crippen LogP contribution in [0.1, 0.15) is 12.8 Å². The Labute approximate surface area is 74.8 Å².